The van der Waals surface area contributed by atoms with Gasteiger partial charge in [0.2, 0.25) is 5.95 Å². The highest BCUT2D eigenvalue weighted by Gasteiger charge is 2.30. The van der Waals surface area contributed by atoms with E-state index in [0.29, 0.717) is 19.2 Å². The van der Waals surface area contributed by atoms with Gasteiger partial charge in [0.1, 0.15) is 17.4 Å². The molecule has 182 valence electrons. The standard InChI is InChI=1S/C26H31N7O2/c1-30-9-11-31(12-10-30)23-18-20(5-7-27-23)33-8-6-22-24(19-3-2-4-21(34)17-19)28-26(29-25(22)33)32-13-15-35-16-14-32/h2-5,7,17-18,34H,6,8-16H2,1H3. The van der Waals surface area contributed by atoms with Gasteiger partial charge < -0.3 is 29.4 Å². The second kappa shape index (κ2) is 9.31. The lowest BCUT2D eigenvalue weighted by atomic mass is 10.1. The van der Waals surface area contributed by atoms with E-state index in [9.17, 15) is 5.11 Å². The van der Waals surface area contributed by atoms with Gasteiger partial charge >= 0.3 is 0 Å². The van der Waals surface area contributed by atoms with Crippen LogP contribution in [0.3, 0.4) is 0 Å². The Morgan fingerprint density at radius 3 is 2.51 bits per heavy atom. The molecule has 6 rings (SSSR count). The Balaban J connectivity index is 1.40. The van der Waals surface area contributed by atoms with Gasteiger partial charge in [-0.15, -0.1) is 0 Å². The van der Waals surface area contributed by atoms with Crippen molar-refractivity contribution in [2.24, 2.45) is 0 Å². The number of hydrogen-bond donors (Lipinski definition) is 1. The molecule has 1 aromatic carbocycles. The number of phenols is 1. The molecule has 2 saturated heterocycles. The van der Waals surface area contributed by atoms with Gasteiger partial charge in [-0.05, 0) is 31.7 Å². The fraction of sp³-hybridized carbons (Fsp3) is 0.423. The predicted octanol–water partition coefficient (Wildman–Crippen LogP) is 2.53. The number of nitrogens with zero attached hydrogens (tertiary/aromatic N) is 7. The molecule has 9 nitrogen and oxygen atoms in total. The second-order valence-corrected chi connectivity index (χ2v) is 9.39. The lowest BCUT2D eigenvalue weighted by Crippen LogP contribution is -2.44. The number of aromatic hydroxyl groups is 1. The number of hydrogen-bond acceptors (Lipinski definition) is 9. The Hall–Kier alpha value is -3.43. The fourth-order valence-corrected chi connectivity index (χ4v) is 5.08. The molecule has 0 aliphatic carbocycles. The zero-order valence-corrected chi connectivity index (χ0v) is 20.1. The number of rotatable bonds is 4. The Morgan fingerprint density at radius 2 is 1.71 bits per heavy atom. The van der Waals surface area contributed by atoms with Gasteiger partial charge in [0.05, 0.1) is 18.9 Å². The van der Waals surface area contributed by atoms with Crippen molar-refractivity contribution in [3.8, 4) is 17.0 Å². The number of fused-ring (bicyclic) bond motifs is 1. The predicted molar refractivity (Wildman–Crippen MR) is 137 cm³/mol. The van der Waals surface area contributed by atoms with E-state index in [1.807, 2.05) is 18.3 Å². The van der Waals surface area contributed by atoms with Crippen LogP contribution in [-0.2, 0) is 11.2 Å². The van der Waals surface area contributed by atoms with E-state index in [4.69, 9.17) is 14.7 Å². The summed E-state index contributed by atoms with van der Waals surface area (Å²) in [6, 6.07) is 11.6. The number of pyridine rings is 1. The van der Waals surface area contributed by atoms with Crippen LogP contribution in [0.5, 0.6) is 5.75 Å². The Kier molecular flexibility index (Phi) is 5.87. The van der Waals surface area contributed by atoms with Crippen molar-refractivity contribution in [1.29, 1.82) is 0 Å². The van der Waals surface area contributed by atoms with Crippen molar-refractivity contribution in [3.05, 3.63) is 48.2 Å². The largest absolute Gasteiger partial charge is 0.508 e. The molecule has 0 atom stereocenters. The van der Waals surface area contributed by atoms with E-state index in [0.717, 1.165) is 86.4 Å². The molecule has 0 saturated carbocycles. The van der Waals surface area contributed by atoms with E-state index in [1.54, 1.807) is 12.1 Å². The number of phenolic OH excluding ortho intramolecular Hbond substituents is 1. The van der Waals surface area contributed by atoms with E-state index in [1.165, 1.54) is 0 Å². The van der Waals surface area contributed by atoms with Crippen LogP contribution >= 0.6 is 0 Å². The average Bonchev–Trinajstić information content (AvgIpc) is 3.33. The number of aromatic nitrogens is 3. The third kappa shape index (κ3) is 4.37. The molecule has 2 fully saturated rings. The maximum Gasteiger partial charge on any atom is 0.228 e. The van der Waals surface area contributed by atoms with Crippen LogP contribution in [0.15, 0.2) is 42.6 Å². The molecule has 9 heteroatoms. The molecule has 0 spiro atoms. The zero-order chi connectivity index (χ0) is 23.8. The van der Waals surface area contributed by atoms with Crippen molar-refractivity contribution >= 4 is 23.3 Å². The molecule has 3 aromatic rings. The van der Waals surface area contributed by atoms with Crippen LogP contribution in [0.25, 0.3) is 11.3 Å². The minimum absolute atomic E-state index is 0.239. The molecule has 0 bridgehead atoms. The fourth-order valence-electron chi connectivity index (χ4n) is 5.08. The van der Waals surface area contributed by atoms with Crippen LogP contribution in [0.2, 0.25) is 0 Å². The molecule has 3 aliphatic rings. The first-order valence-electron chi connectivity index (χ1n) is 12.4. The molecule has 3 aliphatic heterocycles. The number of piperazine rings is 1. The van der Waals surface area contributed by atoms with E-state index in [-0.39, 0.29) is 5.75 Å². The molecule has 35 heavy (non-hydrogen) atoms. The molecule has 0 unspecified atom stereocenters. The Morgan fingerprint density at radius 1 is 0.886 bits per heavy atom. The van der Waals surface area contributed by atoms with E-state index >= 15 is 0 Å². The van der Waals surface area contributed by atoms with Crippen LogP contribution in [0.1, 0.15) is 5.56 Å². The van der Waals surface area contributed by atoms with Gasteiger partial charge in [0.15, 0.2) is 0 Å². The summed E-state index contributed by atoms with van der Waals surface area (Å²) < 4.78 is 5.56. The average molecular weight is 474 g/mol. The van der Waals surface area contributed by atoms with Gasteiger partial charge in [0, 0.05) is 74.9 Å². The molecular weight excluding hydrogens is 442 g/mol. The van der Waals surface area contributed by atoms with Crippen LogP contribution < -0.4 is 14.7 Å². The minimum atomic E-state index is 0.239. The maximum absolute atomic E-state index is 10.1. The van der Waals surface area contributed by atoms with Gasteiger partial charge in [0.25, 0.3) is 0 Å². The van der Waals surface area contributed by atoms with Crippen molar-refractivity contribution < 1.29 is 9.84 Å². The number of morpholine rings is 1. The zero-order valence-electron chi connectivity index (χ0n) is 20.1. The van der Waals surface area contributed by atoms with Crippen molar-refractivity contribution in [2.75, 3.05) is 80.8 Å². The monoisotopic (exact) mass is 473 g/mol. The number of anilines is 4. The smallest absolute Gasteiger partial charge is 0.228 e. The third-order valence-electron chi connectivity index (χ3n) is 7.10. The highest BCUT2D eigenvalue weighted by atomic mass is 16.5. The molecule has 1 N–H and O–H groups in total. The van der Waals surface area contributed by atoms with Crippen LogP contribution in [0, 0.1) is 0 Å². The number of ether oxygens (including phenoxy) is 1. The number of likely N-dealkylation sites (N-methyl/N-ethyl adjacent to an activating group) is 1. The first-order chi connectivity index (χ1) is 17.2. The minimum Gasteiger partial charge on any atom is -0.508 e. The topological polar surface area (TPSA) is 81.1 Å². The molecular formula is C26H31N7O2. The number of benzene rings is 1. The van der Waals surface area contributed by atoms with Crippen LogP contribution in [0.4, 0.5) is 23.3 Å². The molecule has 2 aromatic heterocycles. The summed E-state index contributed by atoms with van der Waals surface area (Å²) >= 11 is 0. The second-order valence-electron chi connectivity index (χ2n) is 9.39. The van der Waals surface area contributed by atoms with Gasteiger partial charge in [-0.3, -0.25) is 0 Å². The van der Waals surface area contributed by atoms with E-state index < -0.39 is 0 Å². The summed E-state index contributed by atoms with van der Waals surface area (Å²) in [5.74, 6) is 2.91. The SMILES string of the molecule is CN1CCN(c2cc(N3CCc4c(-c5cccc(O)c5)nc(N5CCOCC5)nc43)ccn2)CC1. The summed E-state index contributed by atoms with van der Waals surface area (Å²) in [7, 11) is 2.16. The summed E-state index contributed by atoms with van der Waals surface area (Å²) in [5, 5.41) is 10.1. The van der Waals surface area contributed by atoms with Crippen LogP contribution in [-0.4, -0.2) is 91.0 Å². The van der Waals surface area contributed by atoms with Gasteiger partial charge in [-0.2, -0.15) is 4.98 Å². The normalized spacial score (nSPS) is 18.7. The Labute approximate surface area is 205 Å². The highest BCUT2D eigenvalue weighted by Crippen LogP contribution is 2.40. The Bertz CT molecular complexity index is 1210. The summed E-state index contributed by atoms with van der Waals surface area (Å²) in [4.78, 5) is 23.9. The van der Waals surface area contributed by atoms with E-state index in [2.05, 4.69) is 43.8 Å². The summed E-state index contributed by atoms with van der Waals surface area (Å²) in [6.45, 7) is 7.75. The molecule has 0 radical (unpaired) electrons. The summed E-state index contributed by atoms with van der Waals surface area (Å²) in [5.41, 5.74) is 4.02. The summed E-state index contributed by atoms with van der Waals surface area (Å²) in [6.07, 6.45) is 2.75. The highest BCUT2D eigenvalue weighted by molar-refractivity contribution is 5.78. The van der Waals surface area contributed by atoms with Crippen molar-refractivity contribution in [2.45, 2.75) is 6.42 Å². The molecule has 0 amide bonds. The first kappa shape index (κ1) is 22.1. The van der Waals surface area contributed by atoms with Crippen molar-refractivity contribution in [1.82, 2.24) is 19.9 Å². The van der Waals surface area contributed by atoms with Crippen molar-refractivity contribution in [3.63, 3.8) is 0 Å². The maximum atomic E-state index is 10.1. The quantitative estimate of drug-likeness (QED) is 0.615. The van der Waals surface area contributed by atoms with Gasteiger partial charge in [-0.25, -0.2) is 9.97 Å². The van der Waals surface area contributed by atoms with Gasteiger partial charge in [-0.1, -0.05) is 12.1 Å². The lowest BCUT2D eigenvalue weighted by molar-refractivity contribution is 0.122. The third-order valence-corrected chi connectivity index (χ3v) is 7.10. The lowest BCUT2D eigenvalue weighted by Gasteiger charge is -2.33. The molecule has 5 heterocycles. The first-order valence-corrected chi connectivity index (χ1v) is 12.4.